The summed E-state index contributed by atoms with van der Waals surface area (Å²) in [5.74, 6) is -0.207. The molecule has 1 aliphatic heterocycles. The summed E-state index contributed by atoms with van der Waals surface area (Å²) in [5.41, 5.74) is 0. The van der Waals surface area contributed by atoms with E-state index in [1.807, 2.05) is 6.07 Å². The molecule has 0 bridgehead atoms. The summed E-state index contributed by atoms with van der Waals surface area (Å²) in [7, 11) is 0. The van der Waals surface area contributed by atoms with Crippen LogP contribution in [0.3, 0.4) is 0 Å². The maximum Gasteiger partial charge on any atom is 0.305 e. The number of ether oxygens (including phenoxy) is 2. The molecule has 0 saturated heterocycles. The molecule has 6 heteroatoms. The number of rotatable bonds is 4. The highest BCUT2D eigenvalue weighted by atomic mass is 16.6. The summed E-state index contributed by atoms with van der Waals surface area (Å²) in [5, 5.41) is 10.9. The first kappa shape index (κ1) is 12.2. The van der Waals surface area contributed by atoms with Crippen LogP contribution >= 0.6 is 0 Å². The van der Waals surface area contributed by atoms with Crippen LogP contribution in [0.1, 0.15) is 6.42 Å². The van der Waals surface area contributed by atoms with E-state index >= 15 is 0 Å². The summed E-state index contributed by atoms with van der Waals surface area (Å²) in [4.78, 5) is 22.0. The molecule has 0 radical (unpaired) electrons. The van der Waals surface area contributed by atoms with Crippen molar-refractivity contribution >= 4 is 11.9 Å². The molecule has 1 aromatic rings. The molecule has 1 atom stereocenters. The average molecular weight is 251 g/mol. The molecular weight excluding hydrogens is 238 g/mol. The van der Waals surface area contributed by atoms with Crippen LogP contribution in [0.15, 0.2) is 24.3 Å². The Morgan fingerprint density at radius 3 is 2.78 bits per heavy atom. The first-order valence-corrected chi connectivity index (χ1v) is 5.55. The van der Waals surface area contributed by atoms with Gasteiger partial charge in [-0.3, -0.25) is 9.59 Å². The number of carbonyl (C=O) groups is 2. The normalized spacial score (nSPS) is 17.0. The quantitative estimate of drug-likeness (QED) is 0.810. The molecule has 0 aliphatic carbocycles. The SMILES string of the molecule is O=C(O)CCNC(=O)[C@H]1COc2ccccc2O1. The van der Waals surface area contributed by atoms with Crippen molar-refractivity contribution in [1.82, 2.24) is 5.32 Å². The third kappa shape index (κ3) is 2.91. The highest BCUT2D eigenvalue weighted by molar-refractivity contribution is 5.82. The number of carbonyl (C=O) groups excluding carboxylic acids is 1. The van der Waals surface area contributed by atoms with Gasteiger partial charge in [-0.1, -0.05) is 12.1 Å². The van der Waals surface area contributed by atoms with Gasteiger partial charge in [0.2, 0.25) is 6.10 Å². The van der Waals surface area contributed by atoms with Gasteiger partial charge in [0.25, 0.3) is 5.91 Å². The van der Waals surface area contributed by atoms with E-state index in [-0.39, 0.29) is 25.5 Å². The molecule has 1 aromatic carbocycles. The molecule has 18 heavy (non-hydrogen) atoms. The highest BCUT2D eigenvalue weighted by Crippen LogP contribution is 2.30. The van der Waals surface area contributed by atoms with E-state index in [0.717, 1.165) is 0 Å². The van der Waals surface area contributed by atoms with E-state index in [1.54, 1.807) is 18.2 Å². The molecule has 6 nitrogen and oxygen atoms in total. The van der Waals surface area contributed by atoms with E-state index in [2.05, 4.69) is 5.32 Å². The molecule has 96 valence electrons. The third-order valence-electron chi connectivity index (χ3n) is 2.44. The number of para-hydroxylation sites is 2. The zero-order valence-corrected chi connectivity index (χ0v) is 9.59. The number of amides is 1. The summed E-state index contributed by atoms with van der Waals surface area (Å²) in [6, 6.07) is 7.07. The predicted molar refractivity (Wildman–Crippen MR) is 61.6 cm³/mol. The van der Waals surface area contributed by atoms with Crippen molar-refractivity contribution < 1.29 is 24.2 Å². The Bertz CT molecular complexity index is 460. The number of fused-ring (bicyclic) bond motifs is 1. The molecule has 0 saturated carbocycles. The second kappa shape index (κ2) is 5.39. The van der Waals surface area contributed by atoms with Gasteiger partial charge in [-0.25, -0.2) is 0 Å². The first-order chi connectivity index (χ1) is 8.66. The Kier molecular flexibility index (Phi) is 3.66. The molecule has 0 spiro atoms. The minimum atomic E-state index is -0.957. The van der Waals surface area contributed by atoms with Crippen LogP contribution in [0, 0.1) is 0 Å². The number of carboxylic acid groups (broad SMARTS) is 1. The van der Waals surface area contributed by atoms with Crippen LogP contribution in [0.5, 0.6) is 11.5 Å². The van der Waals surface area contributed by atoms with Gasteiger partial charge in [0, 0.05) is 6.54 Å². The molecule has 0 unspecified atom stereocenters. The molecule has 1 aliphatic rings. The van der Waals surface area contributed by atoms with Crippen LogP contribution in [0.2, 0.25) is 0 Å². The third-order valence-corrected chi connectivity index (χ3v) is 2.44. The minimum Gasteiger partial charge on any atom is -0.485 e. The largest absolute Gasteiger partial charge is 0.485 e. The second-order valence-corrected chi connectivity index (χ2v) is 3.80. The Balaban J connectivity index is 1.88. The van der Waals surface area contributed by atoms with E-state index in [0.29, 0.717) is 11.5 Å². The standard InChI is InChI=1S/C12H13NO5/c14-11(15)5-6-13-12(16)10-7-17-8-3-1-2-4-9(8)18-10/h1-4,10H,5-7H2,(H,13,16)(H,14,15)/t10-/m1/s1. The van der Waals surface area contributed by atoms with Crippen LogP contribution in [-0.4, -0.2) is 36.2 Å². The Morgan fingerprint density at radius 1 is 1.33 bits per heavy atom. The molecule has 1 amide bonds. The summed E-state index contributed by atoms with van der Waals surface area (Å²) >= 11 is 0. The second-order valence-electron chi connectivity index (χ2n) is 3.80. The lowest BCUT2D eigenvalue weighted by atomic mass is 10.2. The Morgan fingerprint density at radius 2 is 2.06 bits per heavy atom. The number of hydrogen-bond acceptors (Lipinski definition) is 4. The first-order valence-electron chi connectivity index (χ1n) is 5.55. The van der Waals surface area contributed by atoms with Gasteiger partial charge in [-0.15, -0.1) is 0 Å². The van der Waals surface area contributed by atoms with Gasteiger partial charge >= 0.3 is 5.97 Å². The lowest BCUT2D eigenvalue weighted by molar-refractivity contribution is -0.137. The predicted octanol–water partition coefficient (Wildman–Crippen LogP) is 0.417. The highest BCUT2D eigenvalue weighted by Gasteiger charge is 2.26. The molecule has 0 fully saturated rings. The van der Waals surface area contributed by atoms with Crippen molar-refractivity contribution in [3.05, 3.63) is 24.3 Å². The fourth-order valence-electron chi connectivity index (χ4n) is 1.56. The van der Waals surface area contributed by atoms with Crippen molar-refractivity contribution in [3.8, 4) is 11.5 Å². The van der Waals surface area contributed by atoms with Crippen LogP contribution in [0.4, 0.5) is 0 Å². The number of hydrogen-bond donors (Lipinski definition) is 2. The van der Waals surface area contributed by atoms with Crippen molar-refractivity contribution in [2.24, 2.45) is 0 Å². The fraction of sp³-hybridized carbons (Fsp3) is 0.333. The lowest BCUT2D eigenvalue weighted by Gasteiger charge is -2.25. The molecule has 2 N–H and O–H groups in total. The number of nitrogens with one attached hydrogen (secondary N) is 1. The van der Waals surface area contributed by atoms with Crippen molar-refractivity contribution in [3.63, 3.8) is 0 Å². The number of benzene rings is 1. The maximum atomic E-state index is 11.7. The fourth-order valence-corrected chi connectivity index (χ4v) is 1.56. The number of carboxylic acids is 1. The van der Waals surface area contributed by atoms with Gasteiger partial charge in [0.15, 0.2) is 11.5 Å². The Hall–Kier alpha value is -2.24. The zero-order chi connectivity index (χ0) is 13.0. The van der Waals surface area contributed by atoms with E-state index in [4.69, 9.17) is 14.6 Å². The smallest absolute Gasteiger partial charge is 0.305 e. The minimum absolute atomic E-state index is 0.0790. The lowest BCUT2D eigenvalue weighted by Crippen LogP contribution is -2.44. The molecule has 1 heterocycles. The van der Waals surface area contributed by atoms with Crippen molar-refractivity contribution in [1.29, 1.82) is 0 Å². The maximum absolute atomic E-state index is 11.7. The van der Waals surface area contributed by atoms with Crippen LogP contribution < -0.4 is 14.8 Å². The molecule has 2 rings (SSSR count). The molecule has 0 aromatic heterocycles. The van der Waals surface area contributed by atoms with Crippen LogP contribution in [0.25, 0.3) is 0 Å². The monoisotopic (exact) mass is 251 g/mol. The summed E-state index contributed by atoms with van der Waals surface area (Å²) in [6.07, 6.45) is -0.857. The van der Waals surface area contributed by atoms with Gasteiger partial charge < -0.3 is 19.9 Å². The van der Waals surface area contributed by atoms with Gasteiger partial charge in [0.05, 0.1) is 6.42 Å². The molecular formula is C12H13NO5. The zero-order valence-electron chi connectivity index (χ0n) is 9.59. The summed E-state index contributed by atoms with van der Waals surface area (Å²) in [6.45, 7) is 0.200. The van der Waals surface area contributed by atoms with Crippen LogP contribution in [-0.2, 0) is 9.59 Å². The van der Waals surface area contributed by atoms with E-state index in [1.165, 1.54) is 0 Å². The Labute approximate surface area is 104 Å². The topological polar surface area (TPSA) is 84.9 Å². The van der Waals surface area contributed by atoms with E-state index < -0.39 is 12.1 Å². The summed E-state index contributed by atoms with van der Waals surface area (Å²) < 4.78 is 10.8. The van der Waals surface area contributed by atoms with Crippen molar-refractivity contribution in [2.45, 2.75) is 12.5 Å². The van der Waals surface area contributed by atoms with Gasteiger partial charge in [0.1, 0.15) is 6.61 Å². The van der Waals surface area contributed by atoms with Gasteiger partial charge in [-0.2, -0.15) is 0 Å². The average Bonchev–Trinajstić information content (AvgIpc) is 2.37. The van der Waals surface area contributed by atoms with Crippen molar-refractivity contribution in [2.75, 3.05) is 13.2 Å². The van der Waals surface area contributed by atoms with Gasteiger partial charge in [-0.05, 0) is 12.1 Å². The number of aliphatic carboxylic acids is 1. The van der Waals surface area contributed by atoms with E-state index in [9.17, 15) is 9.59 Å².